The van der Waals surface area contributed by atoms with Crippen LogP contribution in [-0.4, -0.2) is 0 Å². The second-order valence-corrected chi connectivity index (χ2v) is 3.21. The monoisotopic (exact) mass is 232 g/mol. The van der Waals surface area contributed by atoms with Gasteiger partial charge in [-0.1, -0.05) is 87.7 Å². The molecule has 0 heteroatoms. The van der Waals surface area contributed by atoms with Crippen molar-refractivity contribution in [2.24, 2.45) is 5.92 Å². The molecule has 0 heterocycles. The van der Waals surface area contributed by atoms with Crippen molar-refractivity contribution in [3.05, 3.63) is 12.7 Å². The fourth-order valence-electron chi connectivity index (χ4n) is 0. The van der Waals surface area contributed by atoms with Crippen LogP contribution in [0.5, 0.6) is 0 Å². The highest BCUT2D eigenvalue weighted by Crippen LogP contribution is 1.93. The Morgan fingerprint density at radius 2 is 1.00 bits per heavy atom. The summed E-state index contributed by atoms with van der Waals surface area (Å²) < 4.78 is 0. The Labute approximate surface area is 108 Å². The van der Waals surface area contributed by atoms with Gasteiger partial charge in [-0.3, -0.25) is 0 Å². The van der Waals surface area contributed by atoms with E-state index in [1.54, 1.807) is 6.08 Å². The summed E-state index contributed by atoms with van der Waals surface area (Å²) in [4.78, 5) is 0. The molecule has 0 atom stereocenters. The molecule has 0 nitrogen and oxygen atoms in total. The zero-order valence-corrected chi connectivity index (χ0v) is 14.0. The summed E-state index contributed by atoms with van der Waals surface area (Å²) >= 11 is 0. The van der Waals surface area contributed by atoms with E-state index >= 15 is 0 Å². The smallest absolute Gasteiger partial charge is 0.0473 e. The van der Waals surface area contributed by atoms with Gasteiger partial charge in [-0.05, 0) is 12.8 Å². The molecule has 0 aliphatic rings. The third-order valence-corrected chi connectivity index (χ3v) is 1.32. The molecule has 0 N–H and O–H groups in total. The molecule has 0 fully saturated rings. The summed E-state index contributed by atoms with van der Waals surface area (Å²) in [5.41, 5.74) is 0. The summed E-state index contributed by atoms with van der Waals surface area (Å²) in [5, 5.41) is 0. The molecular formula is C16H40. The molecule has 0 amide bonds. The van der Waals surface area contributed by atoms with Crippen LogP contribution in [0.3, 0.4) is 0 Å². The molecule has 16 heavy (non-hydrogen) atoms. The molecule has 0 aliphatic carbocycles. The van der Waals surface area contributed by atoms with Crippen molar-refractivity contribution in [1.82, 2.24) is 0 Å². The van der Waals surface area contributed by atoms with Gasteiger partial charge in [0, 0.05) is 0 Å². The van der Waals surface area contributed by atoms with Crippen LogP contribution in [-0.2, 0) is 0 Å². The summed E-state index contributed by atoms with van der Waals surface area (Å²) in [6.07, 6.45) is 5.69. The first-order valence-electron chi connectivity index (χ1n) is 7.17. The van der Waals surface area contributed by atoms with E-state index in [-0.39, 0.29) is 0 Å². The molecule has 0 bridgehead atoms. The molecule has 0 saturated carbocycles. The van der Waals surface area contributed by atoms with Gasteiger partial charge in [0.15, 0.2) is 0 Å². The van der Waals surface area contributed by atoms with Crippen molar-refractivity contribution >= 4 is 0 Å². The molecule has 0 aromatic heterocycles. The highest BCUT2D eigenvalue weighted by molar-refractivity contribution is 4.51. The van der Waals surface area contributed by atoms with Gasteiger partial charge in [0.25, 0.3) is 0 Å². The van der Waals surface area contributed by atoms with Crippen LogP contribution in [0, 0.1) is 5.92 Å². The van der Waals surface area contributed by atoms with Gasteiger partial charge in [-0.15, -0.1) is 6.58 Å². The maximum atomic E-state index is 3.36. The highest BCUT2D eigenvalue weighted by atomic mass is 13.9. The Morgan fingerprint density at radius 1 is 0.875 bits per heavy atom. The lowest BCUT2D eigenvalue weighted by molar-refractivity contribution is 0.626. The van der Waals surface area contributed by atoms with E-state index < -0.39 is 0 Å². The number of allylic oxidation sites excluding steroid dienone is 1. The molecule has 104 valence electrons. The highest BCUT2D eigenvalue weighted by Gasteiger charge is 1.80. The third-order valence-electron chi connectivity index (χ3n) is 1.32. The molecule has 0 aromatic rings. The summed E-state index contributed by atoms with van der Waals surface area (Å²) in [7, 11) is 0. The van der Waals surface area contributed by atoms with E-state index in [1.165, 1.54) is 19.3 Å². The quantitative estimate of drug-likeness (QED) is 0.445. The fraction of sp³-hybridized carbons (Fsp3) is 0.875. The van der Waals surface area contributed by atoms with Gasteiger partial charge < -0.3 is 0 Å². The van der Waals surface area contributed by atoms with Crippen LogP contribution in [0.25, 0.3) is 0 Å². The number of rotatable bonds is 2. The number of hydrogen-bond acceptors (Lipinski definition) is 0. The van der Waals surface area contributed by atoms with E-state index in [2.05, 4.69) is 41.2 Å². The van der Waals surface area contributed by atoms with Crippen molar-refractivity contribution < 1.29 is 0 Å². The van der Waals surface area contributed by atoms with E-state index in [4.69, 9.17) is 0 Å². The lowest BCUT2D eigenvalue weighted by atomic mass is 10.2. The zero-order valence-electron chi connectivity index (χ0n) is 14.0. The molecule has 0 rings (SSSR count). The Kier molecular flexibility index (Phi) is 114. The van der Waals surface area contributed by atoms with E-state index in [9.17, 15) is 0 Å². The first-order valence-corrected chi connectivity index (χ1v) is 7.17. The van der Waals surface area contributed by atoms with Crippen molar-refractivity contribution in [1.29, 1.82) is 0 Å². The van der Waals surface area contributed by atoms with Gasteiger partial charge in [0.05, 0.1) is 0 Å². The van der Waals surface area contributed by atoms with Gasteiger partial charge in [0.2, 0.25) is 0 Å². The predicted molar refractivity (Wildman–Crippen MR) is 84.3 cm³/mol. The SMILES string of the molecule is C=CC.CC.CC.CCC(C)C.CCCC. The fourth-order valence-corrected chi connectivity index (χ4v) is 0. The maximum Gasteiger partial charge on any atom is -0.0473 e. The standard InChI is InChI=1S/C5H12.C4H10.C3H6.2C2H6/c1-4-5(2)3;1-3-4-2;1-3-2;2*1-2/h5H,4H2,1-3H3;3-4H2,1-2H3;3H,1H2,2H3;2*1-2H3. The normalized spacial score (nSPS) is 6.44. The summed E-state index contributed by atoms with van der Waals surface area (Å²) in [5.74, 6) is 0.884. The van der Waals surface area contributed by atoms with E-state index in [0.717, 1.165) is 5.92 Å². The Balaban J connectivity index is -0.0000000334. The molecule has 0 saturated heterocycles. The third kappa shape index (κ3) is 297. The average Bonchev–Trinajstić information content (AvgIpc) is 2.35. The maximum absolute atomic E-state index is 3.36. The largest absolute Gasteiger partial charge is 0.103 e. The summed E-state index contributed by atoms with van der Waals surface area (Å²) in [6, 6.07) is 0. The van der Waals surface area contributed by atoms with Gasteiger partial charge >= 0.3 is 0 Å². The van der Waals surface area contributed by atoms with Crippen LogP contribution in [0.1, 0.15) is 88.5 Å². The van der Waals surface area contributed by atoms with Gasteiger partial charge in [-0.2, -0.15) is 0 Å². The minimum absolute atomic E-state index is 0.884. The molecule has 0 aliphatic heterocycles. The first-order chi connectivity index (χ1) is 7.60. The van der Waals surface area contributed by atoms with E-state index in [1.807, 2.05) is 34.6 Å². The lowest BCUT2D eigenvalue weighted by Gasteiger charge is -1.90. The minimum atomic E-state index is 0.884. The summed E-state index contributed by atoms with van der Waals surface area (Å²) in [6.45, 7) is 24.3. The van der Waals surface area contributed by atoms with Crippen molar-refractivity contribution in [2.45, 2.75) is 88.5 Å². The van der Waals surface area contributed by atoms with Crippen LogP contribution in [0.4, 0.5) is 0 Å². The Morgan fingerprint density at radius 3 is 1.00 bits per heavy atom. The second-order valence-electron chi connectivity index (χ2n) is 3.21. The van der Waals surface area contributed by atoms with Crippen molar-refractivity contribution in [3.63, 3.8) is 0 Å². The zero-order chi connectivity index (χ0) is 14.4. The second kappa shape index (κ2) is 61.3. The van der Waals surface area contributed by atoms with Gasteiger partial charge in [-0.25, -0.2) is 0 Å². The first kappa shape index (κ1) is 29.6. The lowest BCUT2D eigenvalue weighted by Crippen LogP contribution is -1.77. The molecule has 0 unspecified atom stereocenters. The molecule has 0 aromatic carbocycles. The van der Waals surface area contributed by atoms with Crippen LogP contribution in [0.15, 0.2) is 12.7 Å². The number of hydrogen-bond donors (Lipinski definition) is 0. The van der Waals surface area contributed by atoms with Crippen LogP contribution < -0.4 is 0 Å². The average molecular weight is 232 g/mol. The van der Waals surface area contributed by atoms with E-state index in [0.29, 0.717) is 0 Å². The topological polar surface area (TPSA) is 0 Å². The molecule has 0 spiro atoms. The van der Waals surface area contributed by atoms with Crippen LogP contribution >= 0.6 is 0 Å². The molecule has 0 radical (unpaired) electrons. The Hall–Kier alpha value is -0.260. The van der Waals surface area contributed by atoms with Crippen molar-refractivity contribution in [3.8, 4) is 0 Å². The van der Waals surface area contributed by atoms with Crippen LogP contribution in [0.2, 0.25) is 0 Å². The van der Waals surface area contributed by atoms with Crippen molar-refractivity contribution in [2.75, 3.05) is 0 Å². The van der Waals surface area contributed by atoms with Gasteiger partial charge in [0.1, 0.15) is 0 Å². The minimum Gasteiger partial charge on any atom is -0.103 e. The number of unbranched alkanes of at least 4 members (excludes halogenated alkanes) is 1. The predicted octanol–water partition coefficient (Wildman–Crippen LogP) is 7.10. The molecular weight excluding hydrogens is 192 g/mol. The Bertz CT molecular complexity index is 51.1.